The lowest BCUT2D eigenvalue weighted by Gasteiger charge is -2.44. The van der Waals surface area contributed by atoms with Gasteiger partial charge in [0.25, 0.3) is 0 Å². The van der Waals surface area contributed by atoms with Gasteiger partial charge in [-0.05, 0) is 38.0 Å². The third kappa shape index (κ3) is 3.08. The molecule has 1 aromatic rings. The van der Waals surface area contributed by atoms with Gasteiger partial charge in [0.2, 0.25) is 0 Å². The number of benzene rings is 1. The Bertz CT molecular complexity index is 734. The Kier molecular flexibility index (Phi) is 5.16. The third-order valence-corrected chi connectivity index (χ3v) is 7.46. The number of quaternary nitrogens is 1. The molecule has 3 fully saturated rings. The van der Waals surface area contributed by atoms with Crippen LogP contribution in [0, 0.1) is 11.8 Å². The van der Waals surface area contributed by atoms with Gasteiger partial charge in [0.1, 0.15) is 24.7 Å². The van der Waals surface area contributed by atoms with E-state index in [1.807, 2.05) is 0 Å². The van der Waals surface area contributed by atoms with Crippen LogP contribution in [0.3, 0.4) is 0 Å². The highest BCUT2D eigenvalue weighted by atomic mass is 79.9. The van der Waals surface area contributed by atoms with E-state index in [1.54, 1.807) is 0 Å². The van der Waals surface area contributed by atoms with Crippen molar-refractivity contribution < 1.29 is 52.9 Å². The van der Waals surface area contributed by atoms with Gasteiger partial charge in [-0.25, -0.2) is 0 Å². The van der Waals surface area contributed by atoms with Crippen molar-refractivity contribution in [2.75, 3.05) is 13.1 Å². The first kappa shape index (κ1) is 21.9. The minimum Gasteiger partial charge on any atom is -1.00 e. The molecule has 5 atom stereocenters. The average molecular weight is 474 g/mol. The van der Waals surface area contributed by atoms with Gasteiger partial charge in [-0.1, -0.05) is 0 Å². The van der Waals surface area contributed by atoms with Crippen LogP contribution in [0.5, 0.6) is 0 Å². The van der Waals surface area contributed by atoms with E-state index in [-0.39, 0.29) is 46.6 Å². The van der Waals surface area contributed by atoms with Crippen molar-refractivity contribution in [1.82, 2.24) is 0 Å². The minimum absolute atomic E-state index is 0. The molecular weight excluding hydrogens is 452 g/mol. The number of halogens is 7. The third-order valence-electron chi connectivity index (χ3n) is 7.46. The molecule has 2 aliphatic heterocycles. The van der Waals surface area contributed by atoms with Crippen LogP contribution >= 0.6 is 0 Å². The van der Waals surface area contributed by atoms with Gasteiger partial charge in [-0.3, -0.25) is 0 Å². The maximum Gasteiger partial charge on any atom is 0.416 e. The summed E-state index contributed by atoms with van der Waals surface area (Å²) in [6.45, 7) is 3.24. The first-order valence-corrected chi connectivity index (χ1v) is 9.19. The summed E-state index contributed by atoms with van der Waals surface area (Å²) in [7, 11) is 0. The van der Waals surface area contributed by atoms with Crippen molar-refractivity contribution in [2.24, 2.45) is 11.8 Å². The molecule has 9 heteroatoms. The first-order valence-electron chi connectivity index (χ1n) is 9.19. The largest absolute Gasteiger partial charge is 1.00 e. The molecular formula is C19H22BrF6NO. The van der Waals surface area contributed by atoms with E-state index < -0.39 is 29.6 Å². The highest BCUT2D eigenvalue weighted by Crippen LogP contribution is 2.60. The normalized spacial score (nSPS) is 37.1. The van der Waals surface area contributed by atoms with Crippen molar-refractivity contribution >= 4 is 0 Å². The number of aliphatic hydroxyl groups is 1. The molecule has 4 rings (SSSR count). The number of rotatable bonds is 2. The maximum absolute atomic E-state index is 13.2. The molecule has 0 bridgehead atoms. The summed E-state index contributed by atoms with van der Waals surface area (Å²) in [5.74, 6) is 0.436. The summed E-state index contributed by atoms with van der Waals surface area (Å²) in [6.07, 6.45) is -7.48. The molecule has 2 heterocycles. The monoisotopic (exact) mass is 473 g/mol. The fourth-order valence-electron chi connectivity index (χ4n) is 6.22. The van der Waals surface area contributed by atoms with Crippen LogP contribution in [-0.4, -0.2) is 34.3 Å². The highest BCUT2D eigenvalue weighted by Gasteiger charge is 2.70. The van der Waals surface area contributed by atoms with E-state index >= 15 is 0 Å². The van der Waals surface area contributed by atoms with Crippen molar-refractivity contribution in [2.45, 2.75) is 56.7 Å². The molecule has 0 radical (unpaired) electrons. The molecule has 3 aliphatic rings. The first-order chi connectivity index (χ1) is 12.4. The van der Waals surface area contributed by atoms with Gasteiger partial charge >= 0.3 is 12.4 Å². The Balaban J connectivity index is 0.00000225. The molecule has 0 amide bonds. The molecule has 2 saturated heterocycles. The van der Waals surface area contributed by atoms with E-state index in [9.17, 15) is 31.4 Å². The second-order valence-corrected chi connectivity index (χ2v) is 8.59. The topological polar surface area (TPSA) is 20.2 Å². The van der Waals surface area contributed by atoms with Crippen LogP contribution in [-0.2, 0) is 18.9 Å². The summed E-state index contributed by atoms with van der Waals surface area (Å²) in [4.78, 5) is 0. The second-order valence-electron chi connectivity index (χ2n) is 8.59. The minimum atomic E-state index is -4.84. The van der Waals surface area contributed by atoms with Crippen LogP contribution in [0.25, 0.3) is 0 Å². The lowest BCUT2D eigenvalue weighted by Crippen LogP contribution is -3.00. The zero-order chi connectivity index (χ0) is 19.8. The van der Waals surface area contributed by atoms with E-state index in [0.717, 1.165) is 31.4 Å². The number of alkyl halides is 6. The molecule has 28 heavy (non-hydrogen) atoms. The number of hydrogen-bond donors (Lipinski definition) is 1. The van der Waals surface area contributed by atoms with Crippen LogP contribution in [0.2, 0.25) is 0 Å². The van der Waals surface area contributed by atoms with Gasteiger partial charge in [-0.2, -0.15) is 26.3 Å². The molecule has 0 aromatic heterocycles. The summed E-state index contributed by atoms with van der Waals surface area (Å²) >= 11 is 0. The summed E-state index contributed by atoms with van der Waals surface area (Å²) in [5, 5.41) is 10.5. The van der Waals surface area contributed by atoms with Crippen molar-refractivity contribution in [3.05, 3.63) is 34.9 Å². The zero-order valence-electron chi connectivity index (χ0n) is 15.2. The maximum atomic E-state index is 13.2. The smallest absolute Gasteiger partial charge is 0.416 e. The molecule has 1 saturated carbocycles. The van der Waals surface area contributed by atoms with Gasteiger partial charge < -0.3 is 26.6 Å². The van der Waals surface area contributed by atoms with Gasteiger partial charge in [0.15, 0.2) is 0 Å². The highest BCUT2D eigenvalue weighted by molar-refractivity contribution is 5.33. The van der Waals surface area contributed by atoms with Crippen LogP contribution in [0.15, 0.2) is 18.2 Å². The van der Waals surface area contributed by atoms with Gasteiger partial charge in [-0.15, -0.1) is 0 Å². The predicted octanol–water partition coefficient (Wildman–Crippen LogP) is 1.61. The number of aliphatic hydroxyl groups excluding tert-OH is 1. The average Bonchev–Trinajstić information content (AvgIpc) is 3.08. The summed E-state index contributed by atoms with van der Waals surface area (Å²) in [6, 6.07) is 1.86. The molecule has 0 spiro atoms. The van der Waals surface area contributed by atoms with Gasteiger partial charge in [0.05, 0.1) is 17.7 Å². The molecule has 158 valence electrons. The Morgan fingerprint density at radius 1 is 1.00 bits per heavy atom. The Hall–Kier alpha value is -0.800. The zero-order valence-corrected chi connectivity index (χ0v) is 16.8. The van der Waals surface area contributed by atoms with Crippen molar-refractivity contribution in [3.8, 4) is 0 Å². The number of nitrogens with zero attached hydrogens (tertiary/aromatic N) is 1. The second kappa shape index (κ2) is 6.60. The predicted molar refractivity (Wildman–Crippen MR) is 85.4 cm³/mol. The van der Waals surface area contributed by atoms with Crippen molar-refractivity contribution in [1.29, 1.82) is 0 Å². The molecule has 2 nitrogen and oxygen atoms in total. The van der Waals surface area contributed by atoms with Crippen LogP contribution < -0.4 is 17.0 Å². The lowest BCUT2D eigenvalue weighted by atomic mass is 9.83. The standard InChI is InChI=1S/C19H22F6NO.BrH/c1-17-12-2-3-15(17)16(27)10-26(17,5-4-12)9-11-6-13(18(20,21)22)8-14(7-11)19(23,24)25;/h6-8,12,15-16,27H,2-5,9-10H2,1H3;1H/q+1;/p-1/t12-,15+,16-,17+,26+;/m0./s1. The fourth-order valence-corrected chi connectivity index (χ4v) is 6.22. The van der Waals surface area contributed by atoms with Gasteiger partial charge in [0, 0.05) is 23.8 Å². The number of hydrogen-bond acceptors (Lipinski definition) is 1. The quantitative estimate of drug-likeness (QED) is 0.511. The van der Waals surface area contributed by atoms with E-state index in [4.69, 9.17) is 0 Å². The van der Waals surface area contributed by atoms with E-state index in [0.29, 0.717) is 23.5 Å². The summed E-state index contributed by atoms with van der Waals surface area (Å²) in [5.41, 5.74) is -2.77. The van der Waals surface area contributed by atoms with Crippen molar-refractivity contribution in [3.63, 3.8) is 0 Å². The van der Waals surface area contributed by atoms with Crippen LogP contribution in [0.4, 0.5) is 26.3 Å². The Morgan fingerprint density at radius 2 is 1.57 bits per heavy atom. The Morgan fingerprint density at radius 3 is 2.11 bits per heavy atom. The Labute approximate surface area is 169 Å². The van der Waals surface area contributed by atoms with E-state index in [1.165, 1.54) is 0 Å². The molecule has 1 N–H and O–H groups in total. The molecule has 1 aliphatic carbocycles. The SMILES string of the molecule is C[C@@]12[C@H]3CC[C@@H]1[C@@H](O)C[N@+]2(Cc1cc(C(F)(F)F)cc(C(F)(F)F)c1)CC3.[Br-]. The summed E-state index contributed by atoms with van der Waals surface area (Å²) < 4.78 is 79.4. The molecule has 0 unspecified atom stereocenters. The lowest BCUT2D eigenvalue weighted by molar-refractivity contribution is -0.966. The fraction of sp³-hybridized carbons (Fsp3) is 0.684. The van der Waals surface area contributed by atoms with E-state index in [2.05, 4.69) is 6.92 Å². The van der Waals surface area contributed by atoms with Crippen LogP contribution in [0.1, 0.15) is 42.9 Å². The molecule has 1 aromatic carbocycles.